The molecular weight excluding hydrogens is 228 g/mol. The molecule has 8 heteroatoms. The lowest BCUT2D eigenvalue weighted by molar-refractivity contribution is 0.311. The molecule has 0 atom stereocenters. The Morgan fingerprint density at radius 2 is 1.92 bits per heavy atom. The molecule has 0 spiro atoms. The number of rotatable bonds is 0. The van der Waals surface area contributed by atoms with E-state index in [0.29, 0.717) is 11.6 Å². The van der Waals surface area contributed by atoms with E-state index < -0.39 is 0 Å². The van der Waals surface area contributed by atoms with E-state index in [2.05, 4.69) is 25.6 Å². The van der Waals surface area contributed by atoms with Crippen LogP contribution in [-0.2, 0) is 0 Å². The molecular formula is C5H2N4OS3. The van der Waals surface area contributed by atoms with Crippen molar-refractivity contribution in [1.82, 2.24) is 10.3 Å². The van der Waals surface area contributed by atoms with Crippen LogP contribution >= 0.6 is 32.9 Å². The summed E-state index contributed by atoms with van der Waals surface area (Å²) in [5, 5.41) is 14.5. The van der Waals surface area contributed by atoms with E-state index in [1.807, 2.05) is 0 Å². The number of anilines is 4. The van der Waals surface area contributed by atoms with E-state index >= 15 is 0 Å². The van der Waals surface area contributed by atoms with Crippen molar-refractivity contribution in [3.8, 4) is 0 Å². The van der Waals surface area contributed by atoms with Gasteiger partial charge >= 0.3 is 0 Å². The first kappa shape index (κ1) is 7.42. The van der Waals surface area contributed by atoms with Crippen LogP contribution in [-0.4, -0.2) is 10.3 Å². The van der Waals surface area contributed by atoms with Gasteiger partial charge in [-0.3, -0.25) is 0 Å². The molecule has 1 aliphatic heterocycles. The lowest BCUT2D eigenvalue weighted by atomic mass is 10.4. The second-order valence-electron chi connectivity index (χ2n) is 2.37. The fourth-order valence-electron chi connectivity index (χ4n) is 1.03. The van der Waals surface area contributed by atoms with Gasteiger partial charge in [0.05, 0.1) is 0 Å². The molecule has 2 aromatic rings. The minimum atomic E-state index is 0.587. The summed E-state index contributed by atoms with van der Waals surface area (Å²) in [5.41, 5.74) is 0.896. The molecule has 0 radical (unpaired) electrons. The van der Waals surface area contributed by atoms with Gasteiger partial charge < -0.3 is 10.6 Å². The Morgan fingerprint density at radius 1 is 1.15 bits per heavy atom. The summed E-state index contributed by atoms with van der Waals surface area (Å²) in [6, 6.07) is 0. The molecule has 0 unspecified atom stereocenters. The Kier molecular flexibility index (Phi) is 1.43. The number of fused-ring (bicyclic) bond motifs is 2. The van der Waals surface area contributed by atoms with Crippen molar-refractivity contribution in [2.24, 2.45) is 0 Å². The van der Waals surface area contributed by atoms with Crippen LogP contribution < -0.4 is 10.6 Å². The van der Waals surface area contributed by atoms with Crippen molar-refractivity contribution >= 4 is 55.2 Å². The normalized spacial score (nSPS) is 12.6. The Bertz CT molecular complexity index is 512. The third-order valence-electron chi connectivity index (χ3n) is 1.60. The molecule has 1 aliphatic rings. The fourth-order valence-corrected chi connectivity index (χ4v) is 3.49. The Balaban J connectivity index is 2.21. The first-order valence-corrected chi connectivity index (χ1v) is 5.90. The van der Waals surface area contributed by atoms with Crippen LogP contribution in [0.5, 0.6) is 0 Å². The van der Waals surface area contributed by atoms with Crippen LogP contribution in [0.25, 0.3) is 0 Å². The maximum Gasteiger partial charge on any atom is 0.220 e. The van der Waals surface area contributed by atoms with Crippen molar-refractivity contribution in [1.29, 1.82) is 0 Å². The van der Waals surface area contributed by atoms with E-state index in [4.69, 9.17) is 12.2 Å². The molecule has 0 saturated heterocycles. The van der Waals surface area contributed by atoms with Gasteiger partial charge in [-0.2, -0.15) is 0 Å². The van der Waals surface area contributed by atoms with Gasteiger partial charge in [0.1, 0.15) is 14.5 Å². The standard InChI is InChI=1S/C5H2N4OS3/c11-5-1-4(12-13-5)7-3-2(6-1)8-10-9-3/h(H,6,8)(H,7,9). The maximum atomic E-state index is 5.12. The predicted molar refractivity (Wildman–Crippen MR) is 53.9 cm³/mol. The van der Waals surface area contributed by atoms with Crippen molar-refractivity contribution < 1.29 is 4.63 Å². The average Bonchev–Trinajstić information content (AvgIpc) is 2.70. The first-order valence-electron chi connectivity index (χ1n) is 3.34. The van der Waals surface area contributed by atoms with Crippen LogP contribution in [0.15, 0.2) is 4.63 Å². The van der Waals surface area contributed by atoms with Gasteiger partial charge in [-0.15, -0.1) is 0 Å². The molecule has 5 nitrogen and oxygen atoms in total. The molecule has 0 fully saturated rings. The summed E-state index contributed by atoms with van der Waals surface area (Å²) >= 11 is 5.12. The second-order valence-corrected chi connectivity index (χ2v) is 5.19. The van der Waals surface area contributed by atoms with E-state index in [0.717, 1.165) is 14.5 Å². The maximum absolute atomic E-state index is 5.12. The second kappa shape index (κ2) is 2.50. The summed E-state index contributed by atoms with van der Waals surface area (Å²) in [4.78, 5) is 0. The molecule has 0 saturated carbocycles. The highest BCUT2D eigenvalue weighted by Crippen LogP contribution is 2.43. The summed E-state index contributed by atoms with van der Waals surface area (Å²) in [6.07, 6.45) is 0. The molecule has 3 rings (SSSR count). The Labute approximate surface area is 84.7 Å². The Hall–Kier alpha value is -0.990. The molecule has 66 valence electrons. The summed E-state index contributed by atoms with van der Waals surface area (Å²) in [5.74, 6) is 1.20. The van der Waals surface area contributed by atoms with Gasteiger partial charge in [-0.05, 0) is 10.3 Å². The third-order valence-corrected chi connectivity index (χ3v) is 4.53. The van der Waals surface area contributed by atoms with Gasteiger partial charge in [-0.1, -0.05) is 32.9 Å². The van der Waals surface area contributed by atoms with Gasteiger partial charge in [0.25, 0.3) is 0 Å². The van der Waals surface area contributed by atoms with Crippen molar-refractivity contribution in [2.75, 3.05) is 10.6 Å². The summed E-state index contributed by atoms with van der Waals surface area (Å²) in [7, 11) is 3.11. The molecule has 0 aromatic carbocycles. The number of nitrogens with zero attached hydrogens (tertiary/aromatic N) is 2. The van der Waals surface area contributed by atoms with Crippen LogP contribution in [0.3, 0.4) is 0 Å². The number of aromatic nitrogens is 2. The third kappa shape index (κ3) is 0.992. The van der Waals surface area contributed by atoms with Crippen molar-refractivity contribution in [2.45, 2.75) is 0 Å². The monoisotopic (exact) mass is 230 g/mol. The summed E-state index contributed by atoms with van der Waals surface area (Å²) in [6.45, 7) is 0. The zero-order chi connectivity index (χ0) is 8.84. The number of nitrogens with one attached hydrogen (secondary N) is 2. The Morgan fingerprint density at radius 3 is 2.77 bits per heavy atom. The smallest absolute Gasteiger partial charge is 0.220 e. The minimum Gasteiger partial charge on any atom is -0.330 e. The van der Waals surface area contributed by atoms with Gasteiger partial charge in [0.15, 0.2) is 0 Å². The van der Waals surface area contributed by atoms with Crippen LogP contribution in [0.4, 0.5) is 22.3 Å². The number of hydrogen-bond acceptors (Lipinski definition) is 8. The minimum absolute atomic E-state index is 0.587. The predicted octanol–water partition coefficient (Wildman–Crippen LogP) is 2.72. The van der Waals surface area contributed by atoms with Gasteiger partial charge in [0.2, 0.25) is 11.6 Å². The molecule has 2 N–H and O–H groups in total. The van der Waals surface area contributed by atoms with Gasteiger partial charge in [-0.25, -0.2) is 4.63 Å². The molecule has 0 aliphatic carbocycles. The van der Waals surface area contributed by atoms with Crippen molar-refractivity contribution in [3.63, 3.8) is 0 Å². The van der Waals surface area contributed by atoms with Crippen molar-refractivity contribution in [3.05, 3.63) is 3.82 Å². The number of hydrogen-bond donors (Lipinski definition) is 2. The van der Waals surface area contributed by atoms with Gasteiger partial charge in [0, 0.05) is 0 Å². The molecule has 0 amide bonds. The fraction of sp³-hybridized carbons (Fsp3) is 0. The first-order chi connectivity index (χ1) is 6.34. The summed E-state index contributed by atoms with van der Waals surface area (Å²) < 4.78 is 5.38. The highest BCUT2D eigenvalue weighted by Gasteiger charge is 2.21. The topological polar surface area (TPSA) is 63.0 Å². The van der Waals surface area contributed by atoms with Crippen LogP contribution in [0, 0.1) is 3.82 Å². The lowest BCUT2D eigenvalue weighted by Gasteiger charge is -2.10. The SMILES string of the molecule is S=c1ssc2c1Nc1nonc1N2. The van der Waals surface area contributed by atoms with E-state index in [1.54, 1.807) is 10.3 Å². The van der Waals surface area contributed by atoms with E-state index in [9.17, 15) is 0 Å². The average molecular weight is 230 g/mol. The molecule has 3 heterocycles. The van der Waals surface area contributed by atoms with E-state index in [-0.39, 0.29) is 0 Å². The quantitative estimate of drug-likeness (QED) is 0.457. The largest absolute Gasteiger partial charge is 0.330 e. The van der Waals surface area contributed by atoms with Crippen LogP contribution in [0.1, 0.15) is 0 Å². The molecule has 13 heavy (non-hydrogen) atoms. The zero-order valence-corrected chi connectivity index (χ0v) is 8.48. The highest BCUT2D eigenvalue weighted by molar-refractivity contribution is 7.80. The van der Waals surface area contributed by atoms with E-state index in [1.165, 1.54) is 10.3 Å². The van der Waals surface area contributed by atoms with Crippen LogP contribution in [0.2, 0.25) is 0 Å². The highest BCUT2D eigenvalue weighted by atomic mass is 32.9. The molecule has 2 aromatic heterocycles. The lowest BCUT2D eigenvalue weighted by Crippen LogP contribution is -2.03. The molecule has 0 bridgehead atoms. The zero-order valence-electron chi connectivity index (χ0n) is 6.03.